The van der Waals surface area contributed by atoms with Gasteiger partial charge in [-0.15, -0.1) is 0 Å². The van der Waals surface area contributed by atoms with Crippen molar-refractivity contribution in [3.05, 3.63) is 64.0 Å². The predicted octanol–water partition coefficient (Wildman–Crippen LogP) is 2.71. The van der Waals surface area contributed by atoms with E-state index in [4.69, 9.17) is 9.47 Å². The van der Waals surface area contributed by atoms with Crippen molar-refractivity contribution in [2.45, 2.75) is 13.5 Å². The first-order valence-electron chi connectivity index (χ1n) is 8.37. The molecule has 1 amide bonds. The lowest BCUT2D eigenvalue weighted by molar-refractivity contribution is -0.141. The second kappa shape index (κ2) is 8.18. The molecule has 0 radical (unpaired) electrons. The summed E-state index contributed by atoms with van der Waals surface area (Å²) in [6.07, 6.45) is 0. The van der Waals surface area contributed by atoms with E-state index < -0.39 is 17.8 Å². The summed E-state index contributed by atoms with van der Waals surface area (Å²) in [7, 11) is 2.55. The standard InChI is InChI=1S/C20H18N2O5S/c1-12-8-9-15-16(10-12)28-20(22(15)11-17(23)26-2)21-18(24)13-6-4-5-7-14(13)19(25)27-3/h4-10H,11H2,1-3H3. The highest BCUT2D eigenvalue weighted by atomic mass is 32.1. The van der Waals surface area contributed by atoms with E-state index >= 15 is 0 Å². The number of ether oxygens (including phenoxy) is 2. The molecule has 3 rings (SSSR count). The molecule has 0 N–H and O–H groups in total. The molecule has 0 spiro atoms. The summed E-state index contributed by atoms with van der Waals surface area (Å²) in [6, 6.07) is 12.1. The van der Waals surface area contributed by atoms with E-state index in [-0.39, 0.29) is 17.7 Å². The van der Waals surface area contributed by atoms with E-state index in [0.29, 0.717) is 4.80 Å². The Balaban J connectivity index is 2.16. The number of esters is 2. The number of methoxy groups -OCH3 is 2. The van der Waals surface area contributed by atoms with E-state index in [2.05, 4.69) is 4.99 Å². The van der Waals surface area contributed by atoms with Crippen molar-refractivity contribution in [2.24, 2.45) is 4.99 Å². The minimum absolute atomic E-state index is 0.0790. The Morgan fingerprint density at radius 2 is 1.75 bits per heavy atom. The average Bonchev–Trinajstić information content (AvgIpc) is 3.02. The Morgan fingerprint density at radius 1 is 1.04 bits per heavy atom. The van der Waals surface area contributed by atoms with Gasteiger partial charge in [0.25, 0.3) is 5.91 Å². The number of carbonyl (C=O) groups is 3. The van der Waals surface area contributed by atoms with Gasteiger partial charge in [-0.3, -0.25) is 9.59 Å². The zero-order valence-electron chi connectivity index (χ0n) is 15.6. The molecular formula is C20H18N2O5S. The molecule has 8 heteroatoms. The number of hydrogen-bond donors (Lipinski definition) is 0. The maximum Gasteiger partial charge on any atom is 0.338 e. The van der Waals surface area contributed by atoms with Crippen molar-refractivity contribution in [1.29, 1.82) is 0 Å². The zero-order chi connectivity index (χ0) is 20.3. The van der Waals surface area contributed by atoms with Crippen LogP contribution in [0.15, 0.2) is 47.5 Å². The number of thiazole rings is 1. The van der Waals surface area contributed by atoms with Gasteiger partial charge in [0.15, 0.2) is 4.80 Å². The SMILES string of the molecule is COC(=O)Cn1c(=NC(=O)c2ccccc2C(=O)OC)sc2cc(C)ccc21. The highest BCUT2D eigenvalue weighted by molar-refractivity contribution is 7.16. The van der Waals surface area contributed by atoms with Crippen LogP contribution in [0.2, 0.25) is 0 Å². The van der Waals surface area contributed by atoms with Gasteiger partial charge < -0.3 is 14.0 Å². The molecule has 3 aromatic rings. The summed E-state index contributed by atoms with van der Waals surface area (Å²) < 4.78 is 12.0. The lowest BCUT2D eigenvalue weighted by Gasteiger charge is -2.05. The monoisotopic (exact) mass is 398 g/mol. The van der Waals surface area contributed by atoms with E-state index in [1.165, 1.54) is 37.7 Å². The Hall–Kier alpha value is -3.26. The molecule has 0 atom stereocenters. The third-order valence-corrected chi connectivity index (χ3v) is 5.15. The third-order valence-electron chi connectivity index (χ3n) is 4.11. The van der Waals surface area contributed by atoms with Gasteiger partial charge in [0.05, 0.1) is 35.6 Å². The lowest BCUT2D eigenvalue weighted by atomic mass is 10.1. The normalized spacial score (nSPS) is 11.5. The Bertz CT molecular complexity index is 1140. The second-order valence-corrected chi connectivity index (χ2v) is 6.98. The number of hydrogen-bond acceptors (Lipinski definition) is 6. The summed E-state index contributed by atoms with van der Waals surface area (Å²) in [4.78, 5) is 41.1. The molecule has 0 saturated carbocycles. The molecule has 1 heterocycles. The van der Waals surface area contributed by atoms with Crippen molar-refractivity contribution in [3.8, 4) is 0 Å². The molecule has 0 aliphatic rings. The van der Waals surface area contributed by atoms with Crippen LogP contribution in [0.1, 0.15) is 26.3 Å². The van der Waals surface area contributed by atoms with Crippen LogP contribution in [-0.2, 0) is 20.8 Å². The van der Waals surface area contributed by atoms with E-state index in [0.717, 1.165) is 15.8 Å². The molecule has 2 aromatic carbocycles. The van der Waals surface area contributed by atoms with E-state index in [9.17, 15) is 14.4 Å². The largest absolute Gasteiger partial charge is 0.468 e. The van der Waals surface area contributed by atoms with Crippen LogP contribution in [0.25, 0.3) is 10.2 Å². The zero-order valence-corrected chi connectivity index (χ0v) is 16.4. The fourth-order valence-corrected chi connectivity index (χ4v) is 3.84. The van der Waals surface area contributed by atoms with Crippen molar-refractivity contribution in [1.82, 2.24) is 4.57 Å². The lowest BCUT2D eigenvalue weighted by Crippen LogP contribution is -2.22. The Kier molecular flexibility index (Phi) is 5.70. The Labute approximate surface area is 164 Å². The molecule has 7 nitrogen and oxygen atoms in total. The molecular weight excluding hydrogens is 380 g/mol. The van der Waals surface area contributed by atoms with Crippen LogP contribution in [0.5, 0.6) is 0 Å². The maximum absolute atomic E-state index is 12.8. The smallest absolute Gasteiger partial charge is 0.338 e. The molecule has 0 unspecified atom stereocenters. The van der Waals surface area contributed by atoms with Gasteiger partial charge in [-0.2, -0.15) is 4.99 Å². The number of nitrogens with zero attached hydrogens (tertiary/aromatic N) is 2. The molecule has 0 aliphatic heterocycles. The van der Waals surface area contributed by atoms with Crippen molar-refractivity contribution < 1.29 is 23.9 Å². The number of rotatable bonds is 4. The quantitative estimate of drug-likeness (QED) is 0.631. The topological polar surface area (TPSA) is 87.0 Å². The summed E-state index contributed by atoms with van der Waals surface area (Å²) in [6.45, 7) is 1.88. The number of carbonyl (C=O) groups excluding carboxylic acids is 3. The number of aromatic nitrogens is 1. The molecule has 28 heavy (non-hydrogen) atoms. The number of aryl methyl sites for hydroxylation is 1. The highest BCUT2D eigenvalue weighted by Gasteiger charge is 2.18. The minimum atomic E-state index is -0.617. The first-order chi connectivity index (χ1) is 13.4. The third kappa shape index (κ3) is 3.86. The van der Waals surface area contributed by atoms with Gasteiger partial charge in [0.2, 0.25) is 0 Å². The first kappa shape index (κ1) is 19.5. The van der Waals surface area contributed by atoms with Crippen LogP contribution in [0.3, 0.4) is 0 Å². The van der Waals surface area contributed by atoms with Gasteiger partial charge in [-0.05, 0) is 36.8 Å². The van der Waals surface area contributed by atoms with Crippen LogP contribution in [-0.4, -0.2) is 36.6 Å². The van der Waals surface area contributed by atoms with Gasteiger partial charge in [-0.1, -0.05) is 29.5 Å². The number of benzene rings is 2. The molecule has 0 aliphatic carbocycles. The fraction of sp³-hybridized carbons (Fsp3) is 0.200. The summed E-state index contributed by atoms with van der Waals surface area (Å²) in [5, 5.41) is 0. The van der Waals surface area contributed by atoms with Crippen molar-refractivity contribution in [2.75, 3.05) is 14.2 Å². The van der Waals surface area contributed by atoms with Gasteiger partial charge in [0.1, 0.15) is 6.54 Å². The van der Waals surface area contributed by atoms with Crippen LogP contribution >= 0.6 is 11.3 Å². The van der Waals surface area contributed by atoms with Crippen LogP contribution < -0.4 is 4.80 Å². The first-order valence-corrected chi connectivity index (χ1v) is 9.19. The second-order valence-electron chi connectivity index (χ2n) is 5.97. The summed E-state index contributed by atoms with van der Waals surface area (Å²) >= 11 is 1.29. The molecule has 0 bridgehead atoms. The molecule has 1 aromatic heterocycles. The van der Waals surface area contributed by atoms with Crippen LogP contribution in [0.4, 0.5) is 0 Å². The molecule has 0 saturated heterocycles. The van der Waals surface area contributed by atoms with Gasteiger partial charge in [-0.25, -0.2) is 4.79 Å². The van der Waals surface area contributed by atoms with Crippen LogP contribution in [0, 0.1) is 6.92 Å². The highest BCUT2D eigenvalue weighted by Crippen LogP contribution is 2.19. The molecule has 144 valence electrons. The van der Waals surface area contributed by atoms with Gasteiger partial charge in [0, 0.05) is 0 Å². The number of amides is 1. The van der Waals surface area contributed by atoms with E-state index in [1.54, 1.807) is 16.7 Å². The fourth-order valence-electron chi connectivity index (χ4n) is 2.72. The number of fused-ring (bicyclic) bond motifs is 1. The minimum Gasteiger partial charge on any atom is -0.468 e. The average molecular weight is 398 g/mol. The summed E-state index contributed by atoms with van der Waals surface area (Å²) in [5.74, 6) is -1.67. The molecule has 0 fully saturated rings. The predicted molar refractivity (Wildman–Crippen MR) is 104 cm³/mol. The van der Waals surface area contributed by atoms with Gasteiger partial charge >= 0.3 is 11.9 Å². The van der Waals surface area contributed by atoms with Crippen molar-refractivity contribution in [3.63, 3.8) is 0 Å². The summed E-state index contributed by atoms with van der Waals surface area (Å²) in [5.41, 5.74) is 2.09. The van der Waals surface area contributed by atoms with E-state index in [1.807, 2.05) is 25.1 Å². The maximum atomic E-state index is 12.8. The Morgan fingerprint density at radius 3 is 2.43 bits per heavy atom. The van der Waals surface area contributed by atoms with Crippen molar-refractivity contribution >= 4 is 39.4 Å².